The van der Waals surface area contributed by atoms with Gasteiger partial charge in [-0.2, -0.15) is 24.4 Å². The Morgan fingerprint density at radius 3 is 1.50 bits per heavy atom. The van der Waals surface area contributed by atoms with Crippen LogP contribution in [0.15, 0.2) is 0 Å². The summed E-state index contributed by atoms with van der Waals surface area (Å²) in [6, 6.07) is -11.2. The number of nitrogens with one attached hydrogen (secondary N) is 10. The number of aliphatic hydroxyl groups excluding tert-OH is 1. The molecule has 23 nitrogen and oxygen atoms in total. The summed E-state index contributed by atoms with van der Waals surface area (Å²) in [5.41, 5.74) is 11.3. The van der Waals surface area contributed by atoms with Crippen molar-refractivity contribution in [2.24, 2.45) is 29.2 Å². The molecule has 8 amide bonds. The van der Waals surface area contributed by atoms with Gasteiger partial charge in [-0.15, -0.1) is 0 Å². The summed E-state index contributed by atoms with van der Waals surface area (Å²) in [6.07, 6.45) is 0.767. The van der Waals surface area contributed by atoms with E-state index in [1.165, 1.54) is 32.5 Å². The number of amides is 8. The van der Waals surface area contributed by atoms with E-state index in [2.05, 4.69) is 60.5 Å². The van der Waals surface area contributed by atoms with Crippen LogP contribution < -0.4 is 59.3 Å². The average Bonchev–Trinajstić information content (AvgIpc) is 3.22. The van der Waals surface area contributed by atoms with Gasteiger partial charge in [0.25, 0.3) is 0 Å². The van der Waals surface area contributed by atoms with Crippen LogP contribution in [0.5, 0.6) is 0 Å². The molecule has 0 spiro atoms. The summed E-state index contributed by atoms with van der Waals surface area (Å²) >= 11 is 5.60. The SMILES string of the molecule is CSCC[C@H](NC(=O)[C@@H](N)C(C)C)C(=O)N[C@@H](C)C(=O)N[C@@H](C)C(=O)N[C@@H](CCCNC(=N)N)C(=O)N[C@H](C(=O)N[C@@H](CC(C)C)C(=O)N[C@@H](CS)C(=O)N[C@@H](CC(C)C)C(=O)O)[C@@H](C)O. The second-order valence-corrected chi connectivity index (χ2v) is 18.7. The van der Waals surface area contributed by atoms with Crippen molar-refractivity contribution < 1.29 is 53.4 Å². The van der Waals surface area contributed by atoms with Crippen LogP contribution >= 0.6 is 24.4 Å². The van der Waals surface area contributed by atoms with E-state index in [1.54, 1.807) is 41.5 Å². The molecular formula is C41H76N12O11S2. The highest BCUT2D eigenvalue weighted by Gasteiger charge is 2.35. The number of hydrogen-bond acceptors (Lipinski definition) is 14. The van der Waals surface area contributed by atoms with Crippen molar-refractivity contribution in [3.8, 4) is 0 Å². The van der Waals surface area contributed by atoms with Crippen molar-refractivity contribution in [3.05, 3.63) is 0 Å². The summed E-state index contributed by atoms with van der Waals surface area (Å²) in [7, 11) is 0. The molecular weight excluding hydrogens is 901 g/mol. The summed E-state index contributed by atoms with van der Waals surface area (Å²) < 4.78 is 0. The summed E-state index contributed by atoms with van der Waals surface area (Å²) in [4.78, 5) is 118. The van der Waals surface area contributed by atoms with Crippen molar-refractivity contribution in [3.63, 3.8) is 0 Å². The molecule has 0 aliphatic heterocycles. The smallest absolute Gasteiger partial charge is 0.326 e. The second kappa shape index (κ2) is 31.2. The minimum Gasteiger partial charge on any atom is -0.480 e. The molecule has 25 heteroatoms. The Bertz CT molecular complexity index is 1660. The molecule has 0 aromatic rings. The zero-order valence-corrected chi connectivity index (χ0v) is 41.5. The van der Waals surface area contributed by atoms with Crippen molar-refractivity contribution >= 4 is 83.6 Å². The first-order valence-electron chi connectivity index (χ1n) is 21.9. The Kier molecular flexibility index (Phi) is 28.9. The number of thioether (sulfide) groups is 1. The number of carboxylic acid groups (broad SMARTS) is 1. The van der Waals surface area contributed by atoms with E-state index in [-0.39, 0.29) is 68.1 Å². The number of guanidine groups is 1. The molecule has 16 N–H and O–H groups in total. The van der Waals surface area contributed by atoms with E-state index in [0.29, 0.717) is 5.75 Å². The lowest BCUT2D eigenvalue weighted by Gasteiger charge is -2.28. The molecule has 0 aliphatic carbocycles. The van der Waals surface area contributed by atoms with Gasteiger partial charge in [-0.1, -0.05) is 41.5 Å². The van der Waals surface area contributed by atoms with Crippen molar-refractivity contribution in [1.29, 1.82) is 5.41 Å². The second-order valence-electron chi connectivity index (χ2n) is 17.3. The topological polar surface area (TPSA) is 378 Å². The number of aliphatic carboxylic acids is 1. The molecule has 10 atom stereocenters. The van der Waals surface area contributed by atoms with Crippen LogP contribution in [-0.2, 0) is 43.2 Å². The molecule has 0 saturated carbocycles. The fraction of sp³-hybridized carbons (Fsp3) is 0.756. The number of thiol groups is 1. The molecule has 378 valence electrons. The standard InChI is InChI=1S/C41H76N12O11S2/c1-19(2)16-27(36(59)52-29(18-65)37(60)51-28(40(63)64)17-20(3)4)50-39(62)31(24(9)54)53-35(58)25(12-11-14-45-41(43)44)48-33(56)23(8)46-32(55)22(7)47-34(57)26(13-15-66-10)49-38(61)30(42)21(5)6/h19-31,54,65H,11-18,42H2,1-10H3,(H,46,55)(H,47,57)(H,48,56)(H,49,61)(H,50,62)(H,51,60)(H,52,59)(H,53,58)(H,63,64)(H4,43,44,45)/t22-,23-,24+,25-,26-,27-,28-,29-,30-,31-/m0/s1. The Labute approximate surface area is 397 Å². The third-order valence-electron chi connectivity index (χ3n) is 9.93. The van der Waals surface area contributed by atoms with E-state index in [9.17, 15) is 53.4 Å². The predicted molar refractivity (Wildman–Crippen MR) is 254 cm³/mol. The number of aliphatic hydroxyl groups is 1. The molecule has 66 heavy (non-hydrogen) atoms. The van der Waals surface area contributed by atoms with E-state index in [4.69, 9.17) is 16.9 Å². The number of nitrogens with two attached hydrogens (primary N) is 2. The lowest BCUT2D eigenvalue weighted by Crippen LogP contribution is -2.62. The minimum absolute atomic E-state index is 0.0416. The fourth-order valence-electron chi connectivity index (χ4n) is 6.01. The highest BCUT2D eigenvalue weighted by molar-refractivity contribution is 7.98. The molecule has 0 rings (SSSR count). The van der Waals surface area contributed by atoms with Gasteiger partial charge in [0.2, 0.25) is 47.3 Å². The number of carbonyl (C=O) groups is 9. The van der Waals surface area contributed by atoms with E-state index < -0.39 is 114 Å². The van der Waals surface area contributed by atoms with E-state index in [0.717, 1.165) is 0 Å². The van der Waals surface area contributed by atoms with Gasteiger partial charge < -0.3 is 69.5 Å². The fourth-order valence-corrected chi connectivity index (χ4v) is 6.74. The van der Waals surface area contributed by atoms with Crippen LogP contribution in [0, 0.1) is 23.2 Å². The molecule has 0 heterocycles. The van der Waals surface area contributed by atoms with E-state index in [1.807, 2.05) is 6.26 Å². The Morgan fingerprint density at radius 2 is 1.02 bits per heavy atom. The largest absolute Gasteiger partial charge is 0.480 e. The summed E-state index contributed by atoms with van der Waals surface area (Å²) in [5.74, 6) is -8.12. The van der Waals surface area contributed by atoms with Gasteiger partial charge in [-0.05, 0) is 82.6 Å². The van der Waals surface area contributed by atoms with Gasteiger partial charge in [-0.3, -0.25) is 43.8 Å². The monoisotopic (exact) mass is 977 g/mol. The normalized spacial score (nSPS) is 15.8. The van der Waals surface area contributed by atoms with Gasteiger partial charge in [0, 0.05) is 12.3 Å². The molecule has 0 saturated heterocycles. The Balaban J connectivity index is 6.14. The van der Waals surface area contributed by atoms with Gasteiger partial charge in [0.05, 0.1) is 12.1 Å². The number of hydrogen-bond donors (Lipinski definition) is 15. The highest BCUT2D eigenvalue weighted by Crippen LogP contribution is 2.10. The van der Waals surface area contributed by atoms with Gasteiger partial charge in [-0.25, -0.2) is 4.79 Å². The molecule has 0 radical (unpaired) electrons. The van der Waals surface area contributed by atoms with Crippen LogP contribution in [0.1, 0.15) is 94.4 Å². The maximum Gasteiger partial charge on any atom is 0.326 e. The third-order valence-corrected chi connectivity index (χ3v) is 10.9. The number of carbonyl (C=O) groups excluding carboxylic acids is 8. The maximum atomic E-state index is 13.8. The lowest BCUT2D eigenvalue weighted by molar-refractivity contribution is -0.142. The average molecular weight is 977 g/mol. The zero-order chi connectivity index (χ0) is 51.0. The van der Waals surface area contributed by atoms with Crippen LogP contribution in [0.25, 0.3) is 0 Å². The minimum atomic E-state index is -1.68. The molecule has 0 aromatic carbocycles. The molecule has 0 aromatic heterocycles. The first kappa shape index (κ1) is 61.1. The molecule has 0 aliphatic rings. The Hall–Kier alpha value is -4.88. The summed E-state index contributed by atoms with van der Waals surface area (Å²) in [6.45, 7) is 14.6. The van der Waals surface area contributed by atoms with E-state index >= 15 is 0 Å². The van der Waals surface area contributed by atoms with Crippen LogP contribution in [0.2, 0.25) is 0 Å². The van der Waals surface area contributed by atoms with Crippen molar-refractivity contribution in [1.82, 2.24) is 47.9 Å². The quantitative estimate of drug-likeness (QED) is 0.0147. The van der Waals surface area contributed by atoms with Crippen LogP contribution in [0.4, 0.5) is 0 Å². The first-order valence-corrected chi connectivity index (χ1v) is 24.0. The van der Waals surface area contributed by atoms with Crippen molar-refractivity contribution in [2.45, 2.75) is 155 Å². The van der Waals surface area contributed by atoms with Gasteiger partial charge >= 0.3 is 5.97 Å². The number of rotatable bonds is 31. The van der Waals surface area contributed by atoms with Crippen molar-refractivity contribution in [2.75, 3.05) is 24.3 Å². The van der Waals surface area contributed by atoms with Crippen LogP contribution in [-0.4, -0.2) is 154 Å². The molecule has 0 bridgehead atoms. The summed E-state index contributed by atoms with van der Waals surface area (Å²) in [5, 5.41) is 50.3. The molecule has 0 unspecified atom stereocenters. The lowest BCUT2D eigenvalue weighted by atomic mass is 10.0. The predicted octanol–water partition coefficient (Wildman–Crippen LogP) is -2.61. The highest BCUT2D eigenvalue weighted by atomic mass is 32.2. The Morgan fingerprint density at radius 1 is 0.591 bits per heavy atom. The third kappa shape index (κ3) is 23.5. The van der Waals surface area contributed by atoms with Crippen LogP contribution in [0.3, 0.4) is 0 Å². The zero-order valence-electron chi connectivity index (χ0n) is 39.7. The molecule has 0 fully saturated rings. The van der Waals surface area contributed by atoms with Gasteiger partial charge in [0.1, 0.15) is 48.3 Å². The van der Waals surface area contributed by atoms with Gasteiger partial charge in [0.15, 0.2) is 5.96 Å². The maximum absolute atomic E-state index is 13.8. The number of carboxylic acids is 1. The first-order chi connectivity index (χ1) is 30.7.